The fourth-order valence-corrected chi connectivity index (χ4v) is 3.44. The summed E-state index contributed by atoms with van der Waals surface area (Å²) in [6.45, 7) is 1.99. The predicted molar refractivity (Wildman–Crippen MR) is 102 cm³/mol. The molecule has 134 valence electrons. The molecule has 3 rings (SSSR count). The number of benzene rings is 2. The molecule has 0 unspecified atom stereocenters. The van der Waals surface area contributed by atoms with Crippen LogP contribution in [0.5, 0.6) is 0 Å². The molecule has 1 atom stereocenters. The summed E-state index contributed by atoms with van der Waals surface area (Å²) in [5, 5.41) is 3.66. The third kappa shape index (κ3) is 4.89. The minimum atomic E-state index is -0.818. The Balaban J connectivity index is 1.44. The Bertz CT molecular complexity index is 859. The quantitative estimate of drug-likeness (QED) is 0.648. The van der Waals surface area contributed by atoms with E-state index in [9.17, 15) is 9.59 Å². The Morgan fingerprint density at radius 3 is 2.62 bits per heavy atom. The molecule has 0 saturated heterocycles. The molecule has 0 aliphatic rings. The lowest BCUT2D eigenvalue weighted by molar-refractivity contribution is -0.154. The van der Waals surface area contributed by atoms with Crippen molar-refractivity contribution in [3.8, 4) is 0 Å². The van der Waals surface area contributed by atoms with Crippen molar-refractivity contribution in [3.63, 3.8) is 0 Å². The molecule has 0 fully saturated rings. The standard InChI is InChI=1S/C20H20N2O3S/c1-14(20(24)21-13-15-7-3-2-4-8-15)25-19(23)12-11-18-22-16-9-5-6-10-17(16)26-18/h2-10,14H,11-13H2,1H3,(H,21,24)/t14-/m0/s1. The molecule has 6 heteroatoms. The highest BCUT2D eigenvalue weighted by atomic mass is 32.1. The van der Waals surface area contributed by atoms with E-state index in [1.165, 1.54) is 0 Å². The van der Waals surface area contributed by atoms with Crippen LogP contribution in [0.3, 0.4) is 0 Å². The maximum absolute atomic E-state index is 12.0. The number of aromatic nitrogens is 1. The monoisotopic (exact) mass is 368 g/mol. The van der Waals surface area contributed by atoms with Gasteiger partial charge in [-0.2, -0.15) is 0 Å². The number of thiazole rings is 1. The van der Waals surface area contributed by atoms with Crippen LogP contribution in [0.15, 0.2) is 54.6 Å². The van der Waals surface area contributed by atoms with Crippen molar-refractivity contribution < 1.29 is 14.3 Å². The Morgan fingerprint density at radius 1 is 1.12 bits per heavy atom. The van der Waals surface area contributed by atoms with Crippen LogP contribution in [0.4, 0.5) is 0 Å². The van der Waals surface area contributed by atoms with Crippen molar-refractivity contribution in [3.05, 3.63) is 65.2 Å². The van der Waals surface area contributed by atoms with Crippen molar-refractivity contribution in [2.45, 2.75) is 32.4 Å². The Hall–Kier alpha value is -2.73. The van der Waals surface area contributed by atoms with Crippen molar-refractivity contribution in [2.24, 2.45) is 0 Å². The van der Waals surface area contributed by atoms with Gasteiger partial charge in [-0.05, 0) is 24.6 Å². The average molecular weight is 368 g/mol. The third-order valence-electron chi connectivity index (χ3n) is 3.87. The molecule has 1 heterocycles. The van der Waals surface area contributed by atoms with E-state index in [1.54, 1.807) is 18.3 Å². The number of aryl methyl sites for hydroxylation is 1. The Labute approximate surface area is 156 Å². The van der Waals surface area contributed by atoms with E-state index < -0.39 is 12.1 Å². The van der Waals surface area contributed by atoms with Crippen LogP contribution in [0.1, 0.15) is 23.9 Å². The third-order valence-corrected chi connectivity index (χ3v) is 4.96. The number of hydrogen-bond donors (Lipinski definition) is 1. The molecule has 0 bridgehead atoms. The number of ether oxygens (including phenoxy) is 1. The van der Waals surface area contributed by atoms with Crippen molar-refractivity contribution in [2.75, 3.05) is 0 Å². The van der Waals surface area contributed by atoms with Gasteiger partial charge < -0.3 is 10.1 Å². The summed E-state index contributed by atoms with van der Waals surface area (Å²) in [4.78, 5) is 28.5. The number of nitrogens with zero attached hydrogens (tertiary/aromatic N) is 1. The van der Waals surface area contributed by atoms with E-state index in [1.807, 2.05) is 54.6 Å². The van der Waals surface area contributed by atoms with E-state index in [0.29, 0.717) is 13.0 Å². The SMILES string of the molecule is C[C@H](OC(=O)CCc1nc2ccccc2s1)C(=O)NCc1ccccc1. The molecular weight excluding hydrogens is 348 g/mol. The topological polar surface area (TPSA) is 68.3 Å². The molecule has 5 nitrogen and oxygen atoms in total. The lowest BCUT2D eigenvalue weighted by Gasteiger charge is -2.13. The zero-order valence-electron chi connectivity index (χ0n) is 14.5. The van der Waals surface area contributed by atoms with Crippen LogP contribution >= 0.6 is 11.3 Å². The highest BCUT2D eigenvalue weighted by Gasteiger charge is 2.17. The molecule has 3 aromatic rings. The first-order valence-corrected chi connectivity index (χ1v) is 9.29. The largest absolute Gasteiger partial charge is 0.453 e. The summed E-state index contributed by atoms with van der Waals surface area (Å²) in [6.07, 6.45) is -0.103. The number of carbonyl (C=O) groups excluding carboxylic acids is 2. The summed E-state index contributed by atoms with van der Waals surface area (Å²) in [5.74, 6) is -0.700. The normalized spacial score (nSPS) is 11.9. The number of esters is 1. The molecule has 0 saturated carbocycles. The van der Waals surface area contributed by atoms with Crippen LogP contribution in [-0.4, -0.2) is 23.0 Å². The zero-order valence-corrected chi connectivity index (χ0v) is 15.3. The number of nitrogens with one attached hydrogen (secondary N) is 1. The number of carbonyl (C=O) groups is 2. The first-order chi connectivity index (χ1) is 12.6. The highest BCUT2D eigenvalue weighted by molar-refractivity contribution is 7.18. The van der Waals surface area contributed by atoms with Gasteiger partial charge in [0.05, 0.1) is 21.6 Å². The van der Waals surface area contributed by atoms with Crippen molar-refractivity contribution >= 4 is 33.4 Å². The number of fused-ring (bicyclic) bond motifs is 1. The van der Waals surface area contributed by atoms with Crippen molar-refractivity contribution in [1.29, 1.82) is 0 Å². The summed E-state index contributed by atoms with van der Waals surface area (Å²) in [5.41, 5.74) is 1.93. The smallest absolute Gasteiger partial charge is 0.306 e. The second kappa shape index (κ2) is 8.58. The van der Waals surface area contributed by atoms with Gasteiger partial charge in [-0.1, -0.05) is 42.5 Å². The maximum Gasteiger partial charge on any atom is 0.306 e. The predicted octanol–water partition coefficient (Wildman–Crippen LogP) is 3.48. The molecule has 0 aliphatic carbocycles. The molecule has 0 aliphatic heterocycles. The Kier molecular flexibility index (Phi) is 5.96. The zero-order chi connectivity index (χ0) is 18.4. The minimum Gasteiger partial charge on any atom is -0.453 e. The highest BCUT2D eigenvalue weighted by Crippen LogP contribution is 2.22. The van der Waals surface area contributed by atoms with Gasteiger partial charge in [0, 0.05) is 13.0 Å². The average Bonchev–Trinajstić information content (AvgIpc) is 3.08. The molecule has 0 spiro atoms. The molecule has 2 aromatic carbocycles. The van der Waals surface area contributed by atoms with Gasteiger partial charge in [-0.25, -0.2) is 4.98 Å². The molecule has 1 N–H and O–H groups in total. The lowest BCUT2D eigenvalue weighted by Crippen LogP contribution is -2.35. The van der Waals surface area contributed by atoms with Gasteiger partial charge >= 0.3 is 5.97 Å². The molecule has 0 radical (unpaired) electrons. The second-order valence-corrected chi connectivity index (χ2v) is 7.03. The van der Waals surface area contributed by atoms with Gasteiger partial charge in [-0.15, -0.1) is 11.3 Å². The van der Waals surface area contributed by atoms with Gasteiger partial charge in [-0.3, -0.25) is 9.59 Å². The molecular formula is C20H20N2O3S. The van der Waals surface area contributed by atoms with E-state index in [4.69, 9.17) is 4.74 Å². The number of rotatable bonds is 7. The number of para-hydroxylation sites is 1. The van der Waals surface area contributed by atoms with Crippen LogP contribution in [0.2, 0.25) is 0 Å². The summed E-state index contributed by atoms with van der Waals surface area (Å²) in [6, 6.07) is 17.5. The van der Waals surface area contributed by atoms with Crippen LogP contribution in [0, 0.1) is 0 Å². The van der Waals surface area contributed by atoms with Crippen LogP contribution in [-0.2, 0) is 27.3 Å². The van der Waals surface area contributed by atoms with E-state index in [-0.39, 0.29) is 12.3 Å². The first kappa shape index (κ1) is 18.1. The lowest BCUT2D eigenvalue weighted by atomic mass is 10.2. The second-order valence-electron chi connectivity index (χ2n) is 5.91. The number of amides is 1. The van der Waals surface area contributed by atoms with Gasteiger partial charge in [0.2, 0.25) is 0 Å². The van der Waals surface area contributed by atoms with E-state index in [0.717, 1.165) is 20.8 Å². The summed E-state index contributed by atoms with van der Waals surface area (Å²) >= 11 is 1.57. The molecule has 1 amide bonds. The molecule has 26 heavy (non-hydrogen) atoms. The molecule has 1 aromatic heterocycles. The maximum atomic E-state index is 12.0. The summed E-state index contributed by atoms with van der Waals surface area (Å²) < 4.78 is 6.32. The number of hydrogen-bond acceptors (Lipinski definition) is 5. The summed E-state index contributed by atoms with van der Waals surface area (Å²) in [7, 11) is 0. The van der Waals surface area contributed by atoms with Crippen LogP contribution < -0.4 is 5.32 Å². The van der Waals surface area contributed by atoms with Crippen molar-refractivity contribution in [1.82, 2.24) is 10.3 Å². The Morgan fingerprint density at radius 2 is 1.85 bits per heavy atom. The van der Waals surface area contributed by atoms with Gasteiger partial charge in [0.15, 0.2) is 6.10 Å². The fraction of sp³-hybridized carbons (Fsp3) is 0.250. The fourth-order valence-electron chi connectivity index (χ4n) is 2.47. The van der Waals surface area contributed by atoms with Crippen LogP contribution in [0.25, 0.3) is 10.2 Å². The minimum absolute atomic E-state index is 0.204. The van der Waals surface area contributed by atoms with E-state index in [2.05, 4.69) is 10.3 Å². The van der Waals surface area contributed by atoms with E-state index >= 15 is 0 Å². The van der Waals surface area contributed by atoms with Gasteiger partial charge in [0.25, 0.3) is 5.91 Å². The first-order valence-electron chi connectivity index (χ1n) is 8.47. The van der Waals surface area contributed by atoms with Gasteiger partial charge in [0.1, 0.15) is 0 Å².